The molecule has 5 heteroatoms. The Labute approximate surface area is 106 Å². The summed E-state index contributed by atoms with van der Waals surface area (Å²) in [6.07, 6.45) is 0. The number of hydrogen-bond donors (Lipinski definition) is 2. The molecule has 0 aliphatic rings. The SMILES string of the molecule is CC(C)(O)C(C)(C)NCCS(=O)(=O)C(C)(C)C. The number of sulfone groups is 1. The van der Waals surface area contributed by atoms with E-state index in [0.29, 0.717) is 6.54 Å². The Hall–Kier alpha value is -0.130. The van der Waals surface area contributed by atoms with Crippen molar-refractivity contribution in [3.8, 4) is 0 Å². The quantitative estimate of drug-likeness (QED) is 0.787. The van der Waals surface area contributed by atoms with Crippen molar-refractivity contribution in [2.45, 2.75) is 64.4 Å². The third-order valence-corrected chi connectivity index (χ3v) is 6.01. The molecule has 0 bridgehead atoms. The van der Waals surface area contributed by atoms with Crippen LogP contribution in [0.1, 0.15) is 48.5 Å². The lowest BCUT2D eigenvalue weighted by Gasteiger charge is -2.38. The van der Waals surface area contributed by atoms with E-state index in [0.717, 1.165) is 0 Å². The standard InChI is InChI=1S/C12H27NO3S/c1-10(2,3)17(15,16)9-8-13-11(4,5)12(6,7)14/h13-14H,8-9H2,1-7H3. The molecule has 0 radical (unpaired) electrons. The first-order valence-electron chi connectivity index (χ1n) is 5.90. The van der Waals surface area contributed by atoms with Crippen molar-refractivity contribution < 1.29 is 13.5 Å². The highest BCUT2D eigenvalue weighted by atomic mass is 32.2. The van der Waals surface area contributed by atoms with Crippen LogP contribution in [0.15, 0.2) is 0 Å². The predicted molar refractivity (Wildman–Crippen MR) is 71.9 cm³/mol. The van der Waals surface area contributed by atoms with Crippen LogP contribution in [0.5, 0.6) is 0 Å². The molecule has 0 saturated carbocycles. The van der Waals surface area contributed by atoms with Gasteiger partial charge in [-0.25, -0.2) is 8.42 Å². The van der Waals surface area contributed by atoms with Crippen LogP contribution in [0.3, 0.4) is 0 Å². The molecule has 2 N–H and O–H groups in total. The van der Waals surface area contributed by atoms with E-state index in [1.807, 2.05) is 13.8 Å². The zero-order chi connectivity index (χ0) is 14.1. The van der Waals surface area contributed by atoms with Crippen molar-refractivity contribution in [2.24, 2.45) is 0 Å². The summed E-state index contributed by atoms with van der Waals surface area (Å²) >= 11 is 0. The summed E-state index contributed by atoms with van der Waals surface area (Å²) in [7, 11) is -3.11. The van der Waals surface area contributed by atoms with Crippen molar-refractivity contribution in [3.63, 3.8) is 0 Å². The summed E-state index contributed by atoms with van der Waals surface area (Å²) in [5.74, 6) is 0.0794. The molecule has 0 fully saturated rings. The Balaban J connectivity index is 4.47. The maximum absolute atomic E-state index is 11.9. The molecular weight excluding hydrogens is 238 g/mol. The molecule has 4 nitrogen and oxygen atoms in total. The monoisotopic (exact) mass is 265 g/mol. The van der Waals surface area contributed by atoms with E-state index in [9.17, 15) is 13.5 Å². The van der Waals surface area contributed by atoms with E-state index < -0.39 is 25.7 Å². The van der Waals surface area contributed by atoms with Gasteiger partial charge in [0.05, 0.1) is 16.1 Å². The normalized spacial score (nSPS) is 15.1. The minimum Gasteiger partial charge on any atom is -0.389 e. The first-order chi connectivity index (χ1) is 7.21. The zero-order valence-electron chi connectivity index (χ0n) is 12.1. The molecule has 0 unspecified atom stereocenters. The highest BCUT2D eigenvalue weighted by Crippen LogP contribution is 2.21. The Bertz CT molecular complexity index is 345. The minimum atomic E-state index is -3.11. The van der Waals surface area contributed by atoms with Crippen LogP contribution in [-0.2, 0) is 9.84 Å². The van der Waals surface area contributed by atoms with Crippen LogP contribution in [-0.4, -0.2) is 41.7 Å². The van der Waals surface area contributed by atoms with Gasteiger partial charge in [0.2, 0.25) is 0 Å². The van der Waals surface area contributed by atoms with Crippen LogP contribution >= 0.6 is 0 Å². The van der Waals surface area contributed by atoms with Crippen molar-refractivity contribution in [3.05, 3.63) is 0 Å². The highest BCUT2D eigenvalue weighted by Gasteiger charge is 2.35. The summed E-state index contributed by atoms with van der Waals surface area (Å²) in [5, 5.41) is 13.0. The van der Waals surface area contributed by atoms with Gasteiger partial charge in [-0.2, -0.15) is 0 Å². The molecule has 0 saturated heterocycles. The van der Waals surface area contributed by atoms with E-state index in [2.05, 4.69) is 5.32 Å². The second kappa shape index (κ2) is 4.86. The lowest BCUT2D eigenvalue weighted by atomic mass is 9.86. The maximum Gasteiger partial charge on any atom is 0.156 e. The zero-order valence-corrected chi connectivity index (χ0v) is 12.9. The molecule has 0 aromatic rings. The smallest absolute Gasteiger partial charge is 0.156 e. The molecule has 0 heterocycles. The molecule has 17 heavy (non-hydrogen) atoms. The Morgan fingerprint density at radius 1 is 1.00 bits per heavy atom. The number of aliphatic hydroxyl groups is 1. The third kappa shape index (κ3) is 4.56. The van der Waals surface area contributed by atoms with E-state index in [1.54, 1.807) is 34.6 Å². The van der Waals surface area contributed by atoms with Crippen LogP contribution in [0.2, 0.25) is 0 Å². The maximum atomic E-state index is 11.9. The molecule has 0 rings (SSSR count). The van der Waals surface area contributed by atoms with Gasteiger partial charge in [0.1, 0.15) is 0 Å². The lowest BCUT2D eigenvalue weighted by molar-refractivity contribution is -0.00346. The lowest BCUT2D eigenvalue weighted by Crippen LogP contribution is -2.57. The van der Waals surface area contributed by atoms with Gasteiger partial charge in [-0.1, -0.05) is 0 Å². The number of rotatable bonds is 5. The Kier molecular flexibility index (Phi) is 4.82. The van der Waals surface area contributed by atoms with E-state index in [4.69, 9.17) is 0 Å². The molecule has 0 aliphatic heterocycles. The number of nitrogens with one attached hydrogen (secondary N) is 1. The van der Waals surface area contributed by atoms with E-state index >= 15 is 0 Å². The van der Waals surface area contributed by atoms with Crippen LogP contribution in [0.25, 0.3) is 0 Å². The average Bonchev–Trinajstić information content (AvgIpc) is 1.98. The molecule has 0 aromatic carbocycles. The van der Waals surface area contributed by atoms with Gasteiger partial charge in [0, 0.05) is 12.1 Å². The van der Waals surface area contributed by atoms with Crippen LogP contribution < -0.4 is 5.32 Å². The molecule has 104 valence electrons. The fraction of sp³-hybridized carbons (Fsp3) is 1.00. The van der Waals surface area contributed by atoms with Gasteiger partial charge in [-0.05, 0) is 48.5 Å². The summed E-state index contributed by atoms with van der Waals surface area (Å²) in [6, 6.07) is 0. The molecular formula is C12H27NO3S. The van der Waals surface area contributed by atoms with Gasteiger partial charge in [-0.15, -0.1) is 0 Å². The van der Waals surface area contributed by atoms with Crippen molar-refractivity contribution >= 4 is 9.84 Å². The van der Waals surface area contributed by atoms with E-state index in [1.165, 1.54) is 0 Å². The van der Waals surface area contributed by atoms with E-state index in [-0.39, 0.29) is 5.75 Å². The second-order valence-electron chi connectivity index (χ2n) is 6.54. The van der Waals surface area contributed by atoms with Crippen molar-refractivity contribution in [2.75, 3.05) is 12.3 Å². The van der Waals surface area contributed by atoms with Crippen LogP contribution in [0, 0.1) is 0 Å². The van der Waals surface area contributed by atoms with Crippen LogP contribution in [0.4, 0.5) is 0 Å². The first kappa shape index (κ1) is 16.9. The average molecular weight is 265 g/mol. The fourth-order valence-corrected chi connectivity index (χ4v) is 2.00. The second-order valence-corrected chi connectivity index (χ2v) is 9.40. The predicted octanol–water partition coefficient (Wildman–Crippen LogP) is 1.34. The van der Waals surface area contributed by atoms with Gasteiger partial charge in [0.15, 0.2) is 9.84 Å². The van der Waals surface area contributed by atoms with Gasteiger partial charge < -0.3 is 10.4 Å². The fourth-order valence-electron chi connectivity index (χ4n) is 1.02. The summed E-state index contributed by atoms with van der Waals surface area (Å²) < 4.78 is 23.0. The molecule has 0 aliphatic carbocycles. The van der Waals surface area contributed by atoms with Crippen molar-refractivity contribution in [1.29, 1.82) is 0 Å². The summed E-state index contributed by atoms with van der Waals surface area (Å²) in [4.78, 5) is 0. The molecule has 0 spiro atoms. The topological polar surface area (TPSA) is 66.4 Å². The Morgan fingerprint density at radius 3 is 1.71 bits per heavy atom. The Morgan fingerprint density at radius 2 is 1.41 bits per heavy atom. The van der Waals surface area contributed by atoms with Gasteiger partial charge >= 0.3 is 0 Å². The molecule has 0 atom stereocenters. The molecule has 0 amide bonds. The minimum absolute atomic E-state index is 0.0794. The summed E-state index contributed by atoms with van der Waals surface area (Å²) in [6.45, 7) is 12.6. The number of hydrogen-bond acceptors (Lipinski definition) is 4. The summed E-state index contributed by atoms with van der Waals surface area (Å²) in [5.41, 5.74) is -1.43. The first-order valence-corrected chi connectivity index (χ1v) is 7.56. The van der Waals surface area contributed by atoms with Gasteiger partial charge in [-0.3, -0.25) is 0 Å². The highest BCUT2D eigenvalue weighted by molar-refractivity contribution is 7.92. The van der Waals surface area contributed by atoms with Crippen molar-refractivity contribution in [1.82, 2.24) is 5.32 Å². The third-order valence-electron chi connectivity index (χ3n) is 3.40. The van der Waals surface area contributed by atoms with Gasteiger partial charge in [0.25, 0.3) is 0 Å². The largest absolute Gasteiger partial charge is 0.389 e. The molecule has 0 aromatic heterocycles.